The van der Waals surface area contributed by atoms with Crippen molar-refractivity contribution in [3.05, 3.63) is 62.8 Å². The van der Waals surface area contributed by atoms with Gasteiger partial charge in [-0.3, -0.25) is 4.79 Å². The first-order chi connectivity index (χ1) is 13.6. The van der Waals surface area contributed by atoms with E-state index in [2.05, 4.69) is 9.97 Å². The molecule has 8 heteroatoms. The second kappa shape index (κ2) is 7.79. The number of rotatable bonds is 5. The Kier molecular flexibility index (Phi) is 5.21. The van der Waals surface area contributed by atoms with Crippen molar-refractivity contribution in [2.24, 2.45) is 0 Å². The van der Waals surface area contributed by atoms with Crippen LogP contribution in [0, 0.1) is 0 Å². The highest BCUT2D eigenvalue weighted by Gasteiger charge is 2.15. The summed E-state index contributed by atoms with van der Waals surface area (Å²) in [5, 5.41) is 14.6. The molecule has 0 saturated heterocycles. The first-order valence-corrected chi connectivity index (χ1v) is 10.6. The molecular weight excluding hydrogens is 416 g/mol. The number of H-pyrrole nitrogens is 1. The molecule has 0 aliphatic carbocycles. The van der Waals surface area contributed by atoms with E-state index in [1.54, 1.807) is 29.5 Å². The van der Waals surface area contributed by atoms with Crippen LogP contribution < -0.4 is 10.3 Å². The fourth-order valence-electron chi connectivity index (χ4n) is 2.78. The molecule has 0 fully saturated rings. The molecule has 0 aliphatic heterocycles. The van der Waals surface area contributed by atoms with Crippen LogP contribution in [-0.4, -0.2) is 21.7 Å². The molecule has 0 radical (unpaired) electrons. The van der Waals surface area contributed by atoms with Crippen LogP contribution in [0.25, 0.3) is 31.8 Å². The van der Waals surface area contributed by atoms with Crippen molar-refractivity contribution in [3.63, 3.8) is 0 Å². The molecule has 0 aliphatic rings. The number of halogens is 1. The lowest BCUT2D eigenvalue weighted by atomic mass is 10.2. The van der Waals surface area contributed by atoms with Crippen molar-refractivity contribution < 1.29 is 9.84 Å². The Morgan fingerprint density at radius 3 is 2.96 bits per heavy atom. The average molecular weight is 431 g/mol. The van der Waals surface area contributed by atoms with Crippen molar-refractivity contribution in [1.82, 2.24) is 9.97 Å². The Morgan fingerprint density at radius 1 is 1.36 bits per heavy atom. The molecule has 28 heavy (non-hydrogen) atoms. The van der Waals surface area contributed by atoms with Gasteiger partial charge < -0.3 is 14.8 Å². The molecule has 1 aromatic carbocycles. The molecule has 0 spiro atoms. The number of thiophene rings is 2. The number of aromatic nitrogens is 2. The summed E-state index contributed by atoms with van der Waals surface area (Å²) in [5.74, 6) is 0.726. The third-order valence-electron chi connectivity index (χ3n) is 4.03. The maximum absolute atomic E-state index is 12.7. The van der Waals surface area contributed by atoms with Gasteiger partial charge in [0.25, 0.3) is 5.56 Å². The lowest BCUT2D eigenvalue weighted by Crippen LogP contribution is -2.10. The van der Waals surface area contributed by atoms with Crippen LogP contribution in [0.4, 0.5) is 0 Å². The fraction of sp³-hybridized carbons (Fsp3) is 0.100. The summed E-state index contributed by atoms with van der Waals surface area (Å²) < 4.78 is 5.39. The summed E-state index contributed by atoms with van der Waals surface area (Å²) in [7, 11) is 0. The van der Waals surface area contributed by atoms with Crippen molar-refractivity contribution in [2.75, 3.05) is 6.61 Å². The van der Waals surface area contributed by atoms with E-state index in [1.807, 2.05) is 29.8 Å². The highest BCUT2D eigenvalue weighted by Crippen LogP contribution is 2.34. The van der Waals surface area contributed by atoms with Gasteiger partial charge in [-0.2, -0.15) is 0 Å². The van der Waals surface area contributed by atoms with Crippen LogP contribution in [0.15, 0.2) is 45.9 Å². The average Bonchev–Trinajstić information content (AvgIpc) is 3.34. The Bertz CT molecular complexity index is 1230. The van der Waals surface area contributed by atoms with Gasteiger partial charge in [-0.1, -0.05) is 23.7 Å². The van der Waals surface area contributed by atoms with Gasteiger partial charge in [0.2, 0.25) is 0 Å². The van der Waals surface area contributed by atoms with E-state index < -0.39 is 0 Å². The van der Waals surface area contributed by atoms with Crippen LogP contribution in [0.2, 0.25) is 0 Å². The normalized spacial score (nSPS) is 11.9. The molecule has 0 atom stereocenters. The van der Waals surface area contributed by atoms with Crippen LogP contribution in [0.3, 0.4) is 0 Å². The molecule has 0 saturated carbocycles. The zero-order valence-electron chi connectivity index (χ0n) is 14.7. The molecule has 2 N–H and O–H groups in total. The van der Waals surface area contributed by atoms with Gasteiger partial charge in [-0.05, 0) is 42.1 Å². The van der Waals surface area contributed by atoms with Crippen molar-refractivity contribution >= 4 is 55.6 Å². The number of hydrogen-bond donors (Lipinski definition) is 2. The molecule has 0 bridgehead atoms. The quantitative estimate of drug-likeness (QED) is 0.435. The molecule has 4 rings (SSSR count). The number of hydrogen-bond acceptors (Lipinski definition) is 6. The third-order valence-corrected chi connectivity index (χ3v) is 6.10. The Labute approximate surface area is 173 Å². The monoisotopic (exact) mass is 430 g/mol. The third kappa shape index (κ3) is 3.56. The maximum atomic E-state index is 12.7. The van der Waals surface area contributed by atoms with Crippen LogP contribution in [0.1, 0.15) is 18.3 Å². The number of phenolic OH excluding ortho intramolecular Hbond substituents is 1. The van der Waals surface area contributed by atoms with E-state index in [9.17, 15) is 9.90 Å². The lowest BCUT2D eigenvalue weighted by molar-refractivity contribution is 0.318. The number of aromatic hydroxyl groups is 1. The SMILES string of the molecule is CCOc1cc(/C=C(\Cl)c2nc3scc(-c4cccs4)c3c(=O)[nH]2)ccc1O. The minimum atomic E-state index is -0.225. The van der Waals surface area contributed by atoms with E-state index >= 15 is 0 Å². The van der Waals surface area contributed by atoms with E-state index in [-0.39, 0.29) is 11.3 Å². The summed E-state index contributed by atoms with van der Waals surface area (Å²) in [6.07, 6.45) is 1.67. The molecule has 5 nitrogen and oxygen atoms in total. The summed E-state index contributed by atoms with van der Waals surface area (Å²) in [6.45, 7) is 2.27. The molecular formula is C20H15ClN2O3S2. The van der Waals surface area contributed by atoms with Crippen LogP contribution in [-0.2, 0) is 0 Å². The summed E-state index contributed by atoms with van der Waals surface area (Å²) in [6, 6.07) is 8.85. The Balaban J connectivity index is 1.74. The molecule has 4 aromatic rings. The highest BCUT2D eigenvalue weighted by molar-refractivity contribution is 7.18. The molecule has 142 valence electrons. The number of ether oxygens (including phenoxy) is 1. The van der Waals surface area contributed by atoms with Gasteiger partial charge in [-0.25, -0.2) is 4.98 Å². The number of aromatic amines is 1. The van der Waals surface area contributed by atoms with Crippen LogP contribution in [0.5, 0.6) is 11.5 Å². The van der Waals surface area contributed by atoms with Gasteiger partial charge in [0.15, 0.2) is 17.3 Å². The van der Waals surface area contributed by atoms with E-state index in [4.69, 9.17) is 16.3 Å². The lowest BCUT2D eigenvalue weighted by Gasteiger charge is -2.07. The van der Waals surface area contributed by atoms with E-state index in [0.717, 1.165) is 16.0 Å². The second-order valence-electron chi connectivity index (χ2n) is 5.87. The second-order valence-corrected chi connectivity index (χ2v) is 8.09. The Morgan fingerprint density at radius 2 is 2.21 bits per heavy atom. The van der Waals surface area contributed by atoms with E-state index in [1.165, 1.54) is 17.4 Å². The molecule has 3 aromatic heterocycles. The number of benzene rings is 1. The zero-order valence-corrected chi connectivity index (χ0v) is 17.1. The summed E-state index contributed by atoms with van der Waals surface area (Å²) in [5.41, 5.74) is 1.38. The van der Waals surface area contributed by atoms with Gasteiger partial charge >= 0.3 is 0 Å². The molecule has 0 unspecified atom stereocenters. The van der Waals surface area contributed by atoms with Gasteiger partial charge in [0, 0.05) is 15.8 Å². The first kappa shape index (κ1) is 18.7. The number of nitrogens with one attached hydrogen (secondary N) is 1. The standard InChI is InChI=1S/C20H15ClN2O3S2/c1-2-26-15-9-11(5-6-14(15)24)8-13(21)18-22-19(25)17-12(10-28-20(17)23-18)16-4-3-7-27-16/h3-10,24H,2H2,1H3,(H,22,23,25)/b13-8-. The largest absolute Gasteiger partial charge is 0.504 e. The topological polar surface area (TPSA) is 75.2 Å². The van der Waals surface area contributed by atoms with Gasteiger partial charge in [-0.15, -0.1) is 22.7 Å². The molecule has 0 amide bonds. The summed E-state index contributed by atoms with van der Waals surface area (Å²) in [4.78, 5) is 21.7. The number of phenols is 1. The van der Waals surface area contributed by atoms with Crippen LogP contribution >= 0.6 is 34.3 Å². The number of nitrogens with zero attached hydrogens (tertiary/aromatic N) is 1. The predicted octanol–water partition coefficient (Wildman–Crippen LogP) is 5.55. The minimum absolute atomic E-state index is 0.0581. The first-order valence-electron chi connectivity index (χ1n) is 8.45. The minimum Gasteiger partial charge on any atom is -0.504 e. The smallest absolute Gasteiger partial charge is 0.260 e. The predicted molar refractivity (Wildman–Crippen MR) is 117 cm³/mol. The Hall–Kier alpha value is -2.61. The van der Waals surface area contributed by atoms with Gasteiger partial charge in [0.05, 0.1) is 17.0 Å². The fourth-order valence-corrected chi connectivity index (χ4v) is 4.76. The van der Waals surface area contributed by atoms with Crippen molar-refractivity contribution in [1.29, 1.82) is 0 Å². The van der Waals surface area contributed by atoms with Crippen molar-refractivity contribution in [2.45, 2.75) is 6.92 Å². The van der Waals surface area contributed by atoms with E-state index in [0.29, 0.717) is 33.4 Å². The maximum Gasteiger partial charge on any atom is 0.260 e. The summed E-state index contributed by atoms with van der Waals surface area (Å²) >= 11 is 9.41. The van der Waals surface area contributed by atoms with Gasteiger partial charge in [0.1, 0.15) is 4.83 Å². The highest BCUT2D eigenvalue weighted by atomic mass is 35.5. The molecule has 3 heterocycles. The van der Waals surface area contributed by atoms with Crippen molar-refractivity contribution in [3.8, 4) is 21.9 Å². The number of fused-ring (bicyclic) bond motifs is 1. The zero-order chi connectivity index (χ0) is 19.7.